The molecule has 3 aromatic rings. The first-order chi connectivity index (χ1) is 15.7. The number of fused-ring (bicyclic) bond motifs is 1. The minimum Gasteiger partial charge on any atom is -0.497 e. The van der Waals surface area contributed by atoms with Crippen molar-refractivity contribution in [2.45, 2.75) is 40.2 Å². The van der Waals surface area contributed by atoms with Gasteiger partial charge in [0.1, 0.15) is 17.3 Å². The molecule has 0 fully saturated rings. The lowest BCUT2D eigenvalue weighted by Gasteiger charge is -2.30. The fourth-order valence-corrected chi connectivity index (χ4v) is 4.49. The molecule has 33 heavy (non-hydrogen) atoms. The van der Waals surface area contributed by atoms with E-state index in [0.717, 1.165) is 0 Å². The number of carbonyl (C=O) groups is 1. The maximum atomic E-state index is 13.8. The number of halogens is 1. The summed E-state index contributed by atoms with van der Waals surface area (Å²) in [5, 5.41) is 0.485. The maximum absolute atomic E-state index is 13.8. The average molecular weight is 516 g/mol. The number of ether oxygens (including phenoxy) is 2. The van der Waals surface area contributed by atoms with Gasteiger partial charge in [-0.05, 0) is 47.8 Å². The van der Waals surface area contributed by atoms with Gasteiger partial charge in [0.25, 0.3) is 5.56 Å². The molecule has 0 spiro atoms. The highest BCUT2D eigenvalue weighted by atomic mass is 79.9. The normalized spacial score (nSPS) is 12.1. The molecule has 0 bridgehead atoms. The van der Waals surface area contributed by atoms with Gasteiger partial charge in [0.05, 0.1) is 41.3 Å². The van der Waals surface area contributed by atoms with Crippen LogP contribution in [0.4, 0.5) is 0 Å². The fraction of sp³-hybridized carbons (Fsp3) is 0.400. The molecule has 0 saturated carbocycles. The Labute approximate surface area is 202 Å². The van der Waals surface area contributed by atoms with Crippen LogP contribution in [0.15, 0.2) is 45.7 Å². The Morgan fingerprint density at radius 3 is 2.45 bits per heavy atom. The van der Waals surface area contributed by atoms with Gasteiger partial charge in [-0.3, -0.25) is 14.2 Å². The predicted molar refractivity (Wildman–Crippen MR) is 133 cm³/mol. The third kappa shape index (κ3) is 4.90. The van der Waals surface area contributed by atoms with Gasteiger partial charge in [-0.2, -0.15) is 0 Å². The van der Waals surface area contributed by atoms with Crippen molar-refractivity contribution in [2.24, 2.45) is 5.92 Å². The molecule has 176 valence electrons. The van der Waals surface area contributed by atoms with Gasteiger partial charge in [0.15, 0.2) is 0 Å². The number of nitrogens with zero attached hydrogens (tertiary/aromatic N) is 3. The summed E-state index contributed by atoms with van der Waals surface area (Å²) in [6, 6.07) is 10.3. The number of hydrogen-bond donors (Lipinski definition) is 0. The molecule has 7 nitrogen and oxygen atoms in total. The van der Waals surface area contributed by atoms with E-state index in [1.807, 2.05) is 45.9 Å². The molecule has 0 saturated heterocycles. The monoisotopic (exact) mass is 515 g/mol. The Bertz CT molecular complexity index is 1220. The van der Waals surface area contributed by atoms with Crippen molar-refractivity contribution in [3.05, 3.63) is 57.0 Å². The van der Waals surface area contributed by atoms with Gasteiger partial charge in [0.2, 0.25) is 5.91 Å². The van der Waals surface area contributed by atoms with E-state index in [0.29, 0.717) is 51.4 Å². The van der Waals surface area contributed by atoms with E-state index in [-0.39, 0.29) is 17.4 Å². The van der Waals surface area contributed by atoms with Gasteiger partial charge in [0, 0.05) is 25.1 Å². The lowest BCUT2D eigenvalue weighted by atomic mass is 10.1. The Kier molecular flexibility index (Phi) is 7.79. The highest BCUT2D eigenvalue weighted by molar-refractivity contribution is 9.10. The largest absolute Gasteiger partial charge is 0.497 e. The van der Waals surface area contributed by atoms with Gasteiger partial charge >= 0.3 is 0 Å². The number of methoxy groups -OCH3 is 2. The van der Waals surface area contributed by atoms with Crippen LogP contribution in [-0.4, -0.2) is 41.1 Å². The first-order valence-electron chi connectivity index (χ1n) is 11.0. The van der Waals surface area contributed by atoms with Gasteiger partial charge in [-0.1, -0.05) is 26.0 Å². The summed E-state index contributed by atoms with van der Waals surface area (Å²) in [4.78, 5) is 33.4. The fourth-order valence-electron chi connectivity index (χ4n) is 3.92. The van der Waals surface area contributed by atoms with Gasteiger partial charge in [-0.15, -0.1) is 0 Å². The molecule has 2 aromatic carbocycles. The van der Waals surface area contributed by atoms with Crippen LogP contribution in [-0.2, 0) is 4.79 Å². The summed E-state index contributed by atoms with van der Waals surface area (Å²) < 4.78 is 13.1. The second-order valence-electron chi connectivity index (χ2n) is 8.24. The van der Waals surface area contributed by atoms with Crippen molar-refractivity contribution in [2.75, 3.05) is 20.8 Å². The summed E-state index contributed by atoms with van der Waals surface area (Å²) in [6.45, 7) is 8.36. The molecule has 8 heteroatoms. The number of amides is 1. The van der Waals surface area contributed by atoms with E-state index in [2.05, 4.69) is 15.9 Å². The predicted octanol–water partition coefficient (Wildman–Crippen LogP) is 5.12. The van der Waals surface area contributed by atoms with E-state index in [4.69, 9.17) is 14.5 Å². The highest BCUT2D eigenvalue weighted by Crippen LogP contribution is 2.37. The molecule has 1 unspecified atom stereocenters. The van der Waals surface area contributed by atoms with Crippen LogP contribution < -0.4 is 15.0 Å². The molecule has 0 aliphatic rings. The van der Waals surface area contributed by atoms with Crippen LogP contribution in [0, 0.1) is 5.92 Å². The Morgan fingerprint density at radius 2 is 1.85 bits per heavy atom. The van der Waals surface area contributed by atoms with Crippen molar-refractivity contribution in [3.8, 4) is 17.2 Å². The summed E-state index contributed by atoms with van der Waals surface area (Å²) in [5.41, 5.74) is 0.883. The lowest BCUT2D eigenvalue weighted by Crippen LogP contribution is -2.37. The maximum Gasteiger partial charge on any atom is 0.266 e. The molecule has 0 aliphatic heterocycles. The first kappa shape index (κ1) is 24.8. The van der Waals surface area contributed by atoms with Crippen LogP contribution >= 0.6 is 15.9 Å². The van der Waals surface area contributed by atoms with Crippen LogP contribution in [0.5, 0.6) is 11.5 Å². The molecule has 1 aromatic heterocycles. The molecule has 0 N–H and O–H groups in total. The summed E-state index contributed by atoms with van der Waals surface area (Å²) in [7, 11) is 3.11. The molecular formula is C25H30BrN3O4. The third-order valence-corrected chi connectivity index (χ3v) is 6.37. The minimum absolute atomic E-state index is 0.0243. The molecule has 1 heterocycles. The Balaban J connectivity index is 2.34. The van der Waals surface area contributed by atoms with Crippen LogP contribution in [0.25, 0.3) is 16.6 Å². The molecular weight excluding hydrogens is 486 g/mol. The van der Waals surface area contributed by atoms with Gasteiger partial charge in [-0.25, -0.2) is 4.98 Å². The number of benzene rings is 2. The van der Waals surface area contributed by atoms with E-state index in [1.54, 1.807) is 41.9 Å². The average Bonchev–Trinajstić information content (AvgIpc) is 2.79. The van der Waals surface area contributed by atoms with Gasteiger partial charge < -0.3 is 14.4 Å². The van der Waals surface area contributed by atoms with Crippen LogP contribution in [0.3, 0.4) is 0 Å². The Hall–Kier alpha value is -2.87. The number of rotatable bonds is 8. The van der Waals surface area contributed by atoms with Crippen molar-refractivity contribution in [3.63, 3.8) is 0 Å². The summed E-state index contributed by atoms with van der Waals surface area (Å²) >= 11 is 3.59. The zero-order valence-electron chi connectivity index (χ0n) is 19.9. The van der Waals surface area contributed by atoms with E-state index in [9.17, 15) is 9.59 Å². The number of para-hydroxylation sites is 1. The van der Waals surface area contributed by atoms with E-state index >= 15 is 0 Å². The molecule has 1 amide bonds. The summed E-state index contributed by atoms with van der Waals surface area (Å²) in [5.74, 6) is 1.77. The number of aromatic nitrogens is 2. The quantitative estimate of drug-likeness (QED) is 0.416. The number of carbonyl (C=O) groups excluding carboxylic acids is 1. The second kappa shape index (κ2) is 10.4. The molecule has 0 radical (unpaired) electrons. The second-order valence-corrected chi connectivity index (χ2v) is 9.04. The lowest BCUT2D eigenvalue weighted by molar-refractivity contribution is -0.134. The van der Waals surface area contributed by atoms with Crippen molar-refractivity contribution >= 4 is 32.7 Å². The Morgan fingerprint density at radius 1 is 1.15 bits per heavy atom. The van der Waals surface area contributed by atoms with E-state index in [1.165, 1.54) is 0 Å². The van der Waals surface area contributed by atoms with Crippen LogP contribution in [0.2, 0.25) is 0 Å². The smallest absolute Gasteiger partial charge is 0.266 e. The summed E-state index contributed by atoms with van der Waals surface area (Å²) in [6.07, 6.45) is 0.423. The molecule has 0 aliphatic carbocycles. The van der Waals surface area contributed by atoms with Crippen molar-refractivity contribution in [1.82, 2.24) is 14.5 Å². The minimum atomic E-state index is -0.442. The highest BCUT2D eigenvalue weighted by Gasteiger charge is 2.27. The first-order valence-corrected chi connectivity index (χ1v) is 11.8. The number of hydrogen-bond acceptors (Lipinski definition) is 5. The standard InChI is InChI=1S/C25H30BrN3O4/c1-7-28(22(30)12-15(2)3)16(4)24-27-19-11-9-8-10-18(19)25(31)29(24)20-13-17(32-5)14-21(33-6)23(20)26/h8-11,13-16H,7,12H2,1-6H3. The van der Waals surface area contributed by atoms with Crippen LogP contribution in [0.1, 0.15) is 46.0 Å². The van der Waals surface area contributed by atoms with Crippen molar-refractivity contribution < 1.29 is 14.3 Å². The molecule has 3 rings (SSSR count). The zero-order chi connectivity index (χ0) is 24.3. The molecule has 1 atom stereocenters. The third-order valence-electron chi connectivity index (χ3n) is 5.58. The van der Waals surface area contributed by atoms with Crippen molar-refractivity contribution in [1.29, 1.82) is 0 Å². The SMILES string of the molecule is CCN(C(=O)CC(C)C)C(C)c1nc2ccccc2c(=O)n1-c1cc(OC)cc(OC)c1Br. The topological polar surface area (TPSA) is 73.7 Å². The zero-order valence-corrected chi connectivity index (χ0v) is 21.5. The van der Waals surface area contributed by atoms with E-state index < -0.39 is 6.04 Å².